The Morgan fingerprint density at radius 3 is 2.46 bits per heavy atom. The number of piperazine rings is 1. The van der Waals surface area contributed by atoms with Crippen molar-refractivity contribution in [2.75, 3.05) is 38.5 Å². The first kappa shape index (κ1) is 20.0. The predicted molar refractivity (Wildman–Crippen MR) is 108 cm³/mol. The van der Waals surface area contributed by atoms with E-state index >= 15 is 0 Å². The van der Waals surface area contributed by atoms with E-state index < -0.39 is 5.41 Å². The van der Waals surface area contributed by atoms with Crippen molar-refractivity contribution in [3.63, 3.8) is 0 Å². The fraction of sp³-hybridized carbons (Fsp3) is 0.500. The highest BCUT2D eigenvalue weighted by Gasteiger charge is 2.25. The van der Waals surface area contributed by atoms with Gasteiger partial charge in [-0.05, 0) is 12.1 Å². The van der Waals surface area contributed by atoms with E-state index in [0.717, 1.165) is 24.0 Å². The Morgan fingerprint density at radius 1 is 1.11 bits per heavy atom. The zero-order valence-electron chi connectivity index (χ0n) is 16.7. The maximum Gasteiger partial charge on any atom is 0.242 e. The van der Waals surface area contributed by atoms with Crippen LogP contribution in [0.25, 0.3) is 10.9 Å². The van der Waals surface area contributed by atoms with Crippen molar-refractivity contribution in [3.8, 4) is 0 Å². The van der Waals surface area contributed by atoms with E-state index in [9.17, 15) is 9.59 Å². The number of aromatic nitrogens is 2. The minimum atomic E-state index is -0.499. The molecule has 8 nitrogen and oxygen atoms in total. The highest BCUT2D eigenvalue weighted by atomic mass is 16.2. The highest BCUT2D eigenvalue weighted by Crippen LogP contribution is 2.18. The summed E-state index contributed by atoms with van der Waals surface area (Å²) in [5.74, 6) is 1.01. The Labute approximate surface area is 165 Å². The van der Waals surface area contributed by atoms with Crippen LogP contribution in [0.3, 0.4) is 0 Å². The number of nitrogens with two attached hydrogens (primary N) is 1. The number of fused-ring (bicyclic) bond motifs is 1. The molecule has 3 N–H and O–H groups in total. The molecule has 0 unspecified atom stereocenters. The molecule has 1 aromatic heterocycles. The molecule has 0 atom stereocenters. The van der Waals surface area contributed by atoms with Gasteiger partial charge in [0.25, 0.3) is 0 Å². The number of amides is 2. The molecule has 150 valence electrons. The van der Waals surface area contributed by atoms with Crippen LogP contribution in [0, 0.1) is 5.41 Å². The first-order valence-corrected chi connectivity index (χ1v) is 9.53. The second-order valence-corrected chi connectivity index (χ2v) is 8.13. The zero-order chi connectivity index (χ0) is 20.3. The normalized spacial score (nSPS) is 15.6. The van der Waals surface area contributed by atoms with Crippen LogP contribution in [-0.2, 0) is 16.1 Å². The Kier molecular flexibility index (Phi) is 5.79. The predicted octanol–water partition coefficient (Wildman–Crippen LogP) is 1.02. The summed E-state index contributed by atoms with van der Waals surface area (Å²) in [4.78, 5) is 37.3. The molecule has 8 heteroatoms. The largest absolute Gasteiger partial charge is 0.383 e. The molecule has 0 spiro atoms. The smallest absolute Gasteiger partial charge is 0.242 e. The molecule has 2 aromatic rings. The number of nitrogens with zero attached hydrogens (tertiary/aromatic N) is 4. The molecule has 1 aromatic carbocycles. The summed E-state index contributed by atoms with van der Waals surface area (Å²) in [6.45, 7) is 8.82. The van der Waals surface area contributed by atoms with Crippen molar-refractivity contribution in [2.24, 2.45) is 5.41 Å². The first-order chi connectivity index (χ1) is 13.2. The monoisotopic (exact) mass is 384 g/mol. The molecular formula is C20H28N6O2. The van der Waals surface area contributed by atoms with Gasteiger partial charge in [0.05, 0.1) is 18.6 Å². The molecule has 1 aliphatic heterocycles. The van der Waals surface area contributed by atoms with E-state index in [2.05, 4.69) is 20.2 Å². The standard InChI is InChI=1S/C20H28N6O2/c1-20(2,3)19(28)22-12-17(27)26-10-8-25(9-11-26)13-16-23-15-7-5-4-6-14(15)18(21)24-16/h4-7H,8-13H2,1-3H3,(H,22,28)(H2,21,23,24). The third-order valence-electron chi connectivity index (χ3n) is 4.85. The summed E-state index contributed by atoms with van der Waals surface area (Å²) in [6.07, 6.45) is 0. The number of rotatable bonds is 4. The summed E-state index contributed by atoms with van der Waals surface area (Å²) < 4.78 is 0. The average Bonchev–Trinajstić information content (AvgIpc) is 2.65. The molecule has 2 heterocycles. The van der Waals surface area contributed by atoms with E-state index in [1.165, 1.54) is 0 Å². The van der Waals surface area contributed by atoms with E-state index in [-0.39, 0.29) is 18.4 Å². The van der Waals surface area contributed by atoms with E-state index in [1.807, 2.05) is 45.0 Å². The summed E-state index contributed by atoms with van der Waals surface area (Å²) in [6, 6.07) is 7.69. The number of nitrogens with one attached hydrogen (secondary N) is 1. The number of hydrogen-bond donors (Lipinski definition) is 2. The number of carbonyl (C=O) groups excluding carboxylic acids is 2. The van der Waals surface area contributed by atoms with Crippen LogP contribution >= 0.6 is 0 Å². The van der Waals surface area contributed by atoms with Crippen LogP contribution in [0.4, 0.5) is 5.82 Å². The van der Waals surface area contributed by atoms with Gasteiger partial charge in [-0.2, -0.15) is 0 Å². The highest BCUT2D eigenvalue weighted by molar-refractivity contribution is 5.88. The zero-order valence-corrected chi connectivity index (χ0v) is 16.7. The second-order valence-electron chi connectivity index (χ2n) is 8.13. The molecule has 0 radical (unpaired) electrons. The molecular weight excluding hydrogens is 356 g/mol. The van der Waals surface area contributed by atoms with Crippen LogP contribution in [0.2, 0.25) is 0 Å². The van der Waals surface area contributed by atoms with Crippen LogP contribution in [0.15, 0.2) is 24.3 Å². The number of para-hydroxylation sites is 1. The molecule has 0 aliphatic carbocycles. The van der Waals surface area contributed by atoms with Gasteiger partial charge < -0.3 is 16.0 Å². The fourth-order valence-electron chi connectivity index (χ4n) is 3.11. The lowest BCUT2D eigenvalue weighted by Gasteiger charge is -2.34. The number of carbonyl (C=O) groups is 2. The quantitative estimate of drug-likeness (QED) is 0.816. The van der Waals surface area contributed by atoms with Crippen molar-refractivity contribution in [2.45, 2.75) is 27.3 Å². The van der Waals surface area contributed by atoms with Gasteiger partial charge >= 0.3 is 0 Å². The molecule has 1 saturated heterocycles. The summed E-state index contributed by atoms with van der Waals surface area (Å²) >= 11 is 0. The van der Waals surface area contributed by atoms with Gasteiger partial charge in [-0.3, -0.25) is 14.5 Å². The Morgan fingerprint density at radius 2 is 1.79 bits per heavy atom. The lowest BCUT2D eigenvalue weighted by Crippen LogP contribution is -2.51. The number of benzene rings is 1. The van der Waals surface area contributed by atoms with Gasteiger partial charge in [-0.1, -0.05) is 32.9 Å². The Bertz CT molecular complexity index is 869. The third-order valence-corrected chi connectivity index (χ3v) is 4.85. The molecule has 28 heavy (non-hydrogen) atoms. The molecule has 0 bridgehead atoms. The van der Waals surface area contributed by atoms with Gasteiger partial charge in [0.15, 0.2) is 0 Å². The van der Waals surface area contributed by atoms with Gasteiger partial charge in [0.2, 0.25) is 11.8 Å². The summed E-state index contributed by atoms with van der Waals surface area (Å²) in [7, 11) is 0. The molecule has 0 saturated carbocycles. The summed E-state index contributed by atoms with van der Waals surface area (Å²) in [5.41, 5.74) is 6.40. The Hall–Kier alpha value is -2.74. The second kappa shape index (κ2) is 8.10. The van der Waals surface area contributed by atoms with E-state index in [4.69, 9.17) is 5.73 Å². The third kappa shape index (κ3) is 4.75. The summed E-state index contributed by atoms with van der Waals surface area (Å²) in [5, 5.41) is 3.58. The van der Waals surface area contributed by atoms with Crippen LogP contribution in [0.5, 0.6) is 0 Å². The maximum atomic E-state index is 12.3. The number of nitrogen functional groups attached to an aromatic ring is 1. The van der Waals surface area contributed by atoms with Crippen LogP contribution in [0.1, 0.15) is 26.6 Å². The van der Waals surface area contributed by atoms with Crippen molar-refractivity contribution in [3.05, 3.63) is 30.1 Å². The minimum absolute atomic E-state index is 0.0421. The molecule has 1 fully saturated rings. The van der Waals surface area contributed by atoms with Gasteiger partial charge in [0, 0.05) is 37.0 Å². The first-order valence-electron chi connectivity index (χ1n) is 9.53. The minimum Gasteiger partial charge on any atom is -0.383 e. The number of hydrogen-bond acceptors (Lipinski definition) is 6. The van der Waals surface area contributed by atoms with Crippen molar-refractivity contribution in [1.29, 1.82) is 0 Å². The van der Waals surface area contributed by atoms with Crippen molar-refractivity contribution >= 4 is 28.5 Å². The van der Waals surface area contributed by atoms with Crippen LogP contribution in [-0.4, -0.2) is 64.3 Å². The lowest BCUT2D eigenvalue weighted by molar-refractivity contribution is -0.136. The van der Waals surface area contributed by atoms with Crippen molar-refractivity contribution < 1.29 is 9.59 Å². The number of anilines is 1. The fourth-order valence-corrected chi connectivity index (χ4v) is 3.11. The van der Waals surface area contributed by atoms with Gasteiger partial charge in [0.1, 0.15) is 11.6 Å². The molecule has 1 aliphatic rings. The lowest BCUT2D eigenvalue weighted by atomic mass is 9.96. The SMILES string of the molecule is CC(C)(C)C(=O)NCC(=O)N1CCN(Cc2nc(N)c3ccccc3n2)CC1. The molecule has 3 rings (SSSR count). The van der Waals surface area contributed by atoms with E-state index in [1.54, 1.807) is 4.90 Å². The molecule has 2 amide bonds. The van der Waals surface area contributed by atoms with Gasteiger partial charge in [-0.25, -0.2) is 9.97 Å². The van der Waals surface area contributed by atoms with Gasteiger partial charge in [-0.15, -0.1) is 0 Å². The van der Waals surface area contributed by atoms with Crippen molar-refractivity contribution in [1.82, 2.24) is 25.1 Å². The topological polar surface area (TPSA) is 104 Å². The van der Waals surface area contributed by atoms with Crippen LogP contribution < -0.4 is 11.1 Å². The van der Waals surface area contributed by atoms with E-state index in [0.29, 0.717) is 31.3 Å². The Balaban J connectivity index is 1.52. The average molecular weight is 384 g/mol. The maximum absolute atomic E-state index is 12.3.